The number of carbonyl (C=O) groups is 1. The van der Waals surface area contributed by atoms with E-state index < -0.39 is 0 Å². The van der Waals surface area contributed by atoms with Crippen molar-refractivity contribution in [2.75, 3.05) is 0 Å². The van der Waals surface area contributed by atoms with Gasteiger partial charge >= 0.3 is 0 Å². The van der Waals surface area contributed by atoms with E-state index in [0.717, 1.165) is 5.56 Å². The van der Waals surface area contributed by atoms with Crippen molar-refractivity contribution >= 4 is 12.0 Å². The molecule has 1 aliphatic rings. The molecule has 0 aliphatic carbocycles. The van der Waals surface area contributed by atoms with E-state index in [-0.39, 0.29) is 11.9 Å². The molecule has 0 saturated heterocycles. The number of hydrogen-bond acceptors (Lipinski definition) is 1. The summed E-state index contributed by atoms with van der Waals surface area (Å²) >= 11 is 0. The third-order valence-electron chi connectivity index (χ3n) is 3.53. The van der Waals surface area contributed by atoms with Gasteiger partial charge in [-0.25, -0.2) is 0 Å². The van der Waals surface area contributed by atoms with E-state index >= 15 is 0 Å². The number of carbonyl (C=O) groups excluding carboxylic acids is 1. The van der Waals surface area contributed by atoms with Crippen LogP contribution in [0.1, 0.15) is 34.5 Å². The van der Waals surface area contributed by atoms with Crippen molar-refractivity contribution < 1.29 is 4.79 Å². The van der Waals surface area contributed by atoms with Gasteiger partial charge in [-0.1, -0.05) is 42.5 Å². The topological polar surface area (TPSA) is 20.3 Å². The van der Waals surface area contributed by atoms with E-state index in [2.05, 4.69) is 19.1 Å². The molecule has 2 heteroatoms. The molecule has 0 bridgehead atoms. The van der Waals surface area contributed by atoms with Crippen molar-refractivity contribution in [2.24, 2.45) is 0 Å². The highest BCUT2D eigenvalue weighted by Crippen LogP contribution is 2.30. The maximum atomic E-state index is 12.5. The molecule has 0 radical (unpaired) electrons. The summed E-state index contributed by atoms with van der Waals surface area (Å²) in [6, 6.07) is 17.6. The van der Waals surface area contributed by atoms with Crippen LogP contribution in [-0.4, -0.2) is 10.8 Å². The average Bonchev–Trinajstić information content (AvgIpc) is 2.48. The third kappa shape index (κ3) is 2.06. The summed E-state index contributed by atoms with van der Waals surface area (Å²) in [6.07, 6.45) is 3.87. The number of fused-ring (bicyclic) bond motifs is 1. The number of amides is 1. The first-order valence-electron chi connectivity index (χ1n) is 6.42. The molecule has 1 heterocycles. The molecule has 0 unspecified atom stereocenters. The molecule has 1 aliphatic heterocycles. The summed E-state index contributed by atoms with van der Waals surface area (Å²) in [4.78, 5) is 14.3. The second-order valence-corrected chi connectivity index (χ2v) is 4.70. The minimum atomic E-state index is 0.0406. The Balaban J connectivity index is 1.95. The van der Waals surface area contributed by atoms with Crippen molar-refractivity contribution in [3.63, 3.8) is 0 Å². The maximum Gasteiger partial charge on any atom is 0.258 e. The number of benzene rings is 2. The molecular weight excluding hydrogens is 234 g/mol. The summed E-state index contributed by atoms with van der Waals surface area (Å²) in [5, 5.41) is 0. The molecule has 0 N–H and O–H groups in total. The van der Waals surface area contributed by atoms with Gasteiger partial charge in [0.25, 0.3) is 5.91 Å². The lowest BCUT2D eigenvalue weighted by molar-refractivity contribution is 0.0776. The van der Waals surface area contributed by atoms with Crippen LogP contribution in [0.5, 0.6) is 0 Å². The van der Waals surface area contributed by atoms with Crippen molar-refractivity contribution in [3.05, 3.63) is 77.5 Å². The lowest BCUT2D eigenvalue weighted by atomic mass is 9.97. The van der Waals surface area contributed by atoms with Gasteiger partial charge in [0, 0.05) is 11.8 Å². The van der Waals surface area contributed by atoms with E-state index in [9.17, 15) is 4.79 Å². The highest BCUT2D eigenvalue weighted by molar-refractivity contribution is 5.95. The third-order valence-corrected chi connectivity index (χ3v) is 3.53. The molecule has 0 saturated carbocycles. The fraction of sp³-hybridized carbons (Fsp3) is 0.118. The molecule has 3 rings (SSSR count). The van der Waals surface area contributed by atoms with Crippen LogP contribution in [0.2, 0.25) is 0 Å². The summed E-state index contributed by atoms with van der Waals surface area (Å²) in [6.45, 7) is 2.06. The van der Waals surface area contributed by atoms with E-state index in [4.69, 9.17) is 0 Å². The Morgan fingerprint density at radius 2 is 1.68 bits per heavy atom. The highest BCUT2D eigenvalue weighted by Gasteiger charge is 2.24. The van der Waals surface area contributed by atoms with Crippen molar-refractivity contribution in [1.82, 2.24) is 4.90 Å². The molecule has 1 atom stereocenters. The second-order valence-electron chi connectivity index (χ2n) is 4.70. The van der Waals surface area contributed by atoms with E-state index in [0.29, 0.717) is 0 Å². The molecule has 0 aromatic heterocycles. The van der Waals surface area contributed by atoms with Gasteiger partial charge in [-0.05, 0) is 36.3 Å². The zero-order chi connectivity index (χ0) is 13.2. The predicted octanol–water partition coefficient (Wildman–Crippen LogP) is 3.87. The lowest BCUT2D eigenvalue weighted by Gasteiger charge is -2.30. The fourth-order valence-electron chi connectivity index (χ4n) is 2.46. The molecular formula is C17H15NO. The monoisotopic (exact) mass is 249 g/mol. The van der Waals surface area contributed by atoms with Crippen LogP contribution < -0.4 is 0 Å². The van der Waals surface area contributed by atoms with Crippen LogP contribution in [0, 0.1) is 0 Å². The largest absolute Gasteiger partial charge is 0.308 e. The van der Waals surface area contributed by atoms with Crippen LogP contribution in [0.15, 0.2) is 60.8 Å². The van der Waals surface area contributed by atoms with E-state index in [1.807, 2.05) is 54.7 Å². The van der Waals surface area contributed by atoms with E-state index in [1.165, 1.54) is 11.1 Å². The Hall–Kier alpha value is -2.35. The first-order chi connectivity index (χ1) is 9.27. The maximum absolute atomic E-state index is 12.5. The summed E-state index contributed by atoms with van der Waals surface area (Å²) < 4.78 is 0. The highest BCUT2D eigenvalue weighted by atomic mass is 16.2. The van der Waals surface area contributed by atoms with Gasteiger partial charge in [-0.3, -0.25) is 4.79 Å². The van der Waals surface area contributed by atoms with Crippen LogP contribution in [-0.2, 0) is 0 Å². The summed E-state index contributed by atoms with van der Waals surface area (Å²) in [7, 11) is 0. The molecule has 0 fully saturated rings. The van der Waals surface area contributed by atoms with Crippen molar-refractivity contribution in [3.8, 4) is 0 Å². The van der Waals surface area contributed by atoms with Gasteiger partial charge in [0.1, 0.15) is 0 Å². The smallest absolute Gasteiger partial charge is 0.258 e. The average molecular weight is 249 g/mol. The Kier molecular flexibility index (Phi) is 2.92. The molecule has 2 aromatic carbocycles. The van der Waals surface area contributed by atoms with Crippen LogP contribution >= 0.6 is 0 Å². The Morgan fingerprint density at radius 1 is 1.00 bits per heavy atom. The fourth-order valence-corrected chi connectivity index (χ4v) is 2.46. The van der Waals surface area contributed by atoms with Crippen LogP contribution in [0.25, 0.3) is 6.08 Å². The van der Waals surface area contributed by atoms with E-state index in [1.54, 1.807) is 4.90 Å². The van der Waals surface area contributed by atoms with Gasteiger partial charge < -0.3 is 4.90 Å². The number of rotatable bonds is 1. The number of hydrogen-bond donors (Lipinski definition) is 0. The molecule has 1 amide bonds. The zero-order valence-electron chi connectivity index (χ0n) is 10.8. The van der Waals surface area contributed by atoms with Gasteiger partial charge in [0.05, 0.1) is 6.04 Å². The molecule has 2 aromatic rings. The summed E-state index contributed by atoms with van der Waals surface area (Å²) in [5.41, 5.74) is 3.10. The van der Waals surface area contributed by atoms with Crippen molar-refractivity contribution in [2.45, 2.75) is 13.0 Å². The first-order valence-corrected chi connectivity index (χ1v) is 6.42. The predicted molar refractivity (Wildman–Crippen MR) is 76.5 cm³/mol. The first kappa shape index (κ1) is 11.7. The minimum absolute atomic E-state index is 0.0406. The quantitative estimate of drug-likeness (QED) is 0.751. The molecule has 19 heavy (non-hydrogen) atoms. The normalized spacial score (nSPS) is 17.1. The molecule has 2 nitrogen and oxygen atoms in total. The number of nitrogens with zero attached hydrogens (tertiary/aromatic N) is 1. The van der Waals surface area contributed by atoms with Gasteiger partial charge in [0.15, 0.2) is 0 Å². The molecule has 0 spiro atoms. The van der Waals surface area contributed by atoms with Crippen LogP contribution in [0.3, 0.4) is 0 Å². The zero-order valence-corrected chi connectivity index (χ0v) is 10.8. The van der Waals surface area contributed by atoms with Gasteiger partial charge in [-0.2, -0.15) is 0 Å². The minimum Gasteiger partial charge on any atom is -0.308 e. The van der Waals surface area contributed by atoms with Crippen molar-refractivity contribution in [1.29, 1.82) is 0 Å². The standard InChI is InChI=1S/C17H15NO/c1-13-16-10-6-5-7-14(16)11-12-18(13)17(19)15-8-3-2-4-9-15/h2-13H,1H3/t13-/m1/s1. The Morgan fingerprint density at radius 3 is 2.47 bits per heavy atom. The van der Waals surface area contributed by atoms with Gasteiger partial charge in [0.2, 0.25) is 0 Å². The van der Waals surface area contributed by atoms with Gasteiger partial charge in [-0.15, -0.1) is 0 Å². The Bertz CT molecular complexity index is 631. The summed E-state index contributed by atoms with van der Waals surface area (Å²) in [5.74, 6) is 0.0406. The molecule has 94 valence electrons. The lowest BCUT2D eigenvalue weighted by Crippen LogP contribution is -2.30. The van der Waals surface area contributed by atoms with Crippen LogP contribution in [0.4, 0.5) is 0 Å². The Labute approximate surface area is 113 Å². The SMILES string of the molecule is C[C@@H]1c2ccccc2C=CN1C(=O)c1ccccc1. The second kappa shape index (κ2) is 4.73.